The minimum Gasteiger partial charge on any atom is -0.497 e. The van der Waals surface area contributed by atoms with Gasteiger partial charge < -0.3 is 37.2 Å². The minimum atomic E-state index is -2.75. The number of carbonyl (C=O) groups excluding carboxylic acids is 1. The SMILES string of the molecule is COc1ccc(C(OC[C@H]2O[C@@H](n3cnc4c(=O)[nH]c(NC(=O)COc5cccc(C(C)C)c5)nc43)[C@H](O[Si](C)(C)C(C)(C)C)[C@@H]2OP(OCCC#N)N(C(C)C)C(C)C)(c2ccccc2)c2ccc(OC)cc2)cc1. The van der Waals surface area contributed by atoms with Crippen LogP contribution in [-0.2, 0) is 33.3 Å². The summed E-state index contributed by atoms with van der Waals surface area (Å²) in [4.78, 5) is 39.4. The molecule has 3 heterocycles. The summed E-state index contributed by atoms with van der Waals surface area (Å²) in [6, 6.07) is 35.3. The first-order valence-corrected chi connectivity index (χ1v) is 29.8. The van der Waals surface area contributed by atoms with E-state index in [1.807, 2.05) is 97.1 Å². The van der Waals surface area contributed by atoms with Gasteiger partial charge in [-0.15, -0.1) is 0 Å². The van der Waals surface area contributed by atoms with Crippen LogP contribution < -0.4 is 25.1 Å². The Hall–Kier alpha value is -6.00. The van der Waals surface area contributed by atoms with Crippen LogP contribution in [0.1, 0.15) is 103 Å². The molecule has 406 valence electrons. The first-order chi connectivity index (χ1) is 36.2. The molecule has 19 heteroatoms. The number of aromatic amines is 1. The average molecular weight is 1080 g/mol. The van der Waals surface area contributed by atoms with Crippen molar-refractivity contribution in [3.05, 3.63) is 142 Å². The summed E-state index contributed by atoms with van der Waals surface area (Å²) in [7, 11) is -1.38. The number of imidazole rings is 1. The summed E-state index contributed by atoms with van der Waals surface area (Å²) >= 11 is 0. The van der Waals surface area contributed by atoms with E-state index in [-0.39, 0.29) is 66.4 Å². The largest absolute Gasteiger partial charge is 0.497 e. The van der Waals surface area contributed by atoms with Gasteiger partial charge in [0.05, 0.1) is 46.3 Å². The third-order valence-electron chi connectivity index (χ3n) is 13.9. The molecule has 2 aromatic heterocycles. The predicted octanol–water partition coefficient (Wildman–Crippen LogP) is 11.2. The molecule has 4 aromatic carbocycles. The number of nitrogens with zero attached hydrogens (tertiary/aromatic N) is 5. The predicted molar refractivity (Wildman–Crippen MR) is 297 cm³/mol. The molecule has 5 atom stereocenters. The van der Waals surface area contributed by atoms with Crippen LogP contribution >= 0.6 is 8.53 Å². The van der Waals surface area contributed by atoms with Crippen LogP contribution in [0.5, 0.6) is 17.2 Å². The summed E-state index contributed by atoms with van der Waals surface area (Å²) < 4.78 is 57.4. The molecule has 1 unspecified atom stereocenters. The highest BCUT2D eigenvalue weighted by molar-refractivity contribution is 7.44. The molecule has 7 rings (SSSR count). The lowest BCUT2D eigenvalue weighted by molar-refractivity contribution is -0.118. The van der Waals surface area contributed by atoms with Gasteiger partial charge in [0.2, 0.25) is 5.95 Å². The third-order valence-corrected chi connectivity index (χ3v) is 20.5. The van der Waals surface area contributed by atoms with Crippen LogP contribution in [-0.4, -0.2) is 103 Å². The number of nitriles is 1. The second-order valence-electron chi connectivity index (χ2n) is 21.1. The van der Waals surface area contributed by atoms with Crippen molar-refractivity contribution in [2.45, 2.75) is 135 Å². The van der Waals surface area contributed by atoms with Crippen molar-refractivity contribution in [1.82, 2.24) is 24.2 Å². The molecular weight excluding hydrogens is 1000 g/mol. The molecule has 0 bridgehead atoms. The third kappa shape index (κ3) is 13.0. The van der Waals surface area contributed by atoms with Gasteiger partial charge in [-0.1, -0.05) is 101 Å². The Morgan fingerprint density at radius 1 is 0.868 bits per heavy atom. The molecule has 1 aliphatic rings. The molecular formula is C57H74N7O10PSi. The summed E-state index contributed by atoms with van der Waals surface area (Å²) in [6.07, 6.45) is -2.07. The highest BCUT2D eigenvalue weighted by Crippen LogP contribution is 2.53. The average Bonchev–Trinajstić information content (AvgIpc) is 3.96. The van der Waals surface area contributed by atoms with E-state index in [0.717, 1.165) is 22.3 Å². The summed E-state index contributed by atoms with van der Waals surface area (Å²) in [6.45, 7) is 23.0. The van der Waals surface area contributed by atoms with Crippen molar-refractivity contribution in [2.24, 2.45) is 0 Å². The van der Waals surface area contributed by atoms with Crippen LogP contribution in [0.4, 0.5) is 5.95 Å². The van der Waals surface area contributed by atoms with Crippen molar-refractivity contribution in [2.75, 3.05) is 39.4 Å². The number of amides is 1. The number of carbonyl (C=O) groups is 1. The first kappa shape index (κ1) is 57.7. The molecule has 1 aliphatic heterocycles. The number of H-pyrrole nitrogens is 1. The second kappa shape index (κ2) is 25.0. The fraction of sp³-hybridized carbons (Fsp3) is 0.456. The molecule has 1 amide bonds. The van der Waals surface area contributed by atoms with E-state index in [0.29, 0.717) is 17.2 Å². The molecule has 6 aromatic rings. The number of hydrogen-bond donors (Lipinski definition) is 2. The minimum absolute atomic E-state index is 0.0154. The zero-order chi connectivity index (χ0) is 55.0. The van der Waals surface area contributed by atoms with Gasteiger partial charge >= 0.3 is 0 Å². The van der Waals surface area contributed by atoms with E-state index >= 15 is 0 Å². The Morgan fingerprint density at radius 2 is 1.49 bits per heavy atom. The maximum Gasteiger partial charge on any atom is 0.280 e. The lowest BCUT2D eigenvalue weighted by atomic mass is 9.80. The maximum absolute atomic E-state index is 13.9. The monoisotopic (exact) mass is 1080 g/mol. The highest BCUT2D eigenvalue weighted by atomic mass is 31.2. The Balaban J connectivity index is 1.37. The molecule has 76 heavy (non-hydrogen) atoms. The number of ether oxygens (including phenoxy) is 5. The van der Waals surface area contributed by atoms with Gasteiger partial charge in [-0.05, 0) is 110 Å². The molecule has 0 radical (unpaired) electrons. The first-order valence-electron chi connectivity index (χ1n) is 25.8. The van der Waals surface area contributed by atoms with Crippen LogP contribution in [0, 0.1) is 11.3 Å². The van der Waals surface area contributed by atoms with Gasteiger partial charge in [-0.3, -0.25) is 24.5 Å². The number of rotatable bonds is 24. The normalized spacial score (nSPS) is 17.6. The van der Waals surface area contributed by atoms with Crippen molar-refractivity contribution in [1.29, 1.82) is 5.26 Å². The van der Waals surface area contributed by atoms with E-state index in [1.165, 1.54) is 6.33 Å². The Morgan fingerprint density at radius 3 is 2.05 bits per heavy atom. The molecule has 0 aliphatic carbocycles. The lowest BCUT2D eigenvalue weighted by Crippen LogP contribution is -2.50. The van der Waals surface area contributed by atoms with Gasteiger partial charge in [-0.2, -0.15) is 10.2 Å². The number of benzene rings is 4. The Kier molecular flexibility index (Phi) is 19.0. The number of hydrogen-bond acceptors (Lipinski definition) is 14. The Labute approximate surface area is 449 Å². The molecule has 1 saturated heterocycles. The number of nitrogens with one attached hydrogen (secondary N) is 2. The Bertz CT molecular complexity index is 2900. The molecule has 1 fully saturated rings. The van der Waals surface area contributed by atoms with E-state index in [9.17, 15) is 14.9 Å². The van der Waals surface area contributed by atoms with E-state index in [1.54, 1.807) is 24.9 Å². The van der Waals surface area contributed by atoms with E-state index in [2.05, 4.69) is 101 Å². The van der Waals surface area contributed by atoms with Gasteiger partial charge in [0.25, 0.3) is 20.0 Å². The standard InChI is InChI=1S/C57H74N7O10PSi/c1-37(2)40-19-17-22-46(33-40)69-35-48(65)60-55-61-52-49(53(66)62-55)59-36-63(52)54-51(74-76(12,13)56(7,8)9)50(73-75(71-32-18-31-58)64(38(3)4)39(5)6)47(72-54)34-70-57(41-20-15-14-16-21-41,42-23-27-44(67-10)28-24-42)43-25-29-45(68-11)30-26-43/h14-17,19-30,33,36-39,47,50-51,54H,18,32,34-35H2,1-13H3,(H2,60,61,62,65,66)/t47-,50-,51-,54-,75?/m1/s1. The maximum atomic E-state index is 13.9. The molecule has 2 N–H and O–H groups in total. The second-order valence-corrected chi connectivity index (χ2v) is 27.3. The van der Waals surface area contributed by atoms with Crippen molar-refractivity contribution in [3.63, 3.8) is 0 Å². The number of aromatic nitrogens is 4. The fourth-order valence-electron chi connectivity index (χ4n) is 8.97. The highest BCUT2D eigenvalue weighted by Gasteiger charge is 2.54. The molecule has 17 nitrogen and oxygen atoms in total. The van der Waals surface area contributed by atoms with Gasteiger partial charge in [0.1, 0.15) is 41.2 Å². The number of methoxy groups -OCH3 is 2. The summed E-state index contributed by atoms with van der Waals surface area (Å²) in [5.41, 5.74) is 1.85. The van der Waals surface area contributed by atoms with Crippen molar-refractivity contribution >= 4 is 39.9 Å². The van der Waals surface area contributed by atoms with Gasteiger partial charge in [0, 0.05) is 12.1 Å². The molecule has 0 spiro atoms. The lowest BCUT2D eigenvalue weighted by Gasteiger charge is -2.42. The zero-order valence-electron chi connectivity index (χ0n) is 46.0. The van der Waals surface area contributed by atoms with Gasteiger partial charge in [-0.25, -0.2) is 9.65 Å². The van der Waals surface area contributed by atoms with Crippen LogP contribution in [0.15, 0.2) is 114 Å². The van der Waals surface area contributed by atoms with Crippen LogP contribution in [0.2, 0.25) is 18.1 Å². The van der Waals surface area contributed by atoms with Crippen molar-refractivity contribution < 1.29 is 42.0 Å². The van der Waals surface area contributed by atoms with E-state index < -0.39 is 58.5 Å². The number of fused-ring (bicyclic) bond motifs is 1. The van der Waals surface area contributed by atoms with Gasteiger partial charge in [0.15, 0.2) is 32.3 Å². The number of anilines is 1. The zero-order valence-corrected chi connectivity index (χ0v) is 47.9. The summed E-state index contributed by atoms with van der Waals surface area (Å²) in [5, 5.41) is 12.1. The smallest absolute Gasteiger partial charge is 0.280 e. The quantitative estimate of drug-likeness (QED) is 0.0252. The van der Waals surface area contributed by atoms with Crippen LogP contribution in [0.3, 0.4) is 0 Å². The van der Waals surface area contributed by atoms with E-state index in [4.69, 9.17) is 42.1 Å². The topological polar surface area (TPSA) is 194 Å². The molecule has 0 saturated carbocycles. The fourth-order valence-corrected chi connectivity index (χ4v) is 12.0. The summed E-state index contributed by atoms with van der Waals surface area (Å²) in [5.74, 6) is 1.51. The van der Waals surface area contributed by atoms with Crippen LogP contribution in [0.25, 0.3) is 11.2 Å². The van der Waals surface area contributed by atoms with Crippen molar-refractivity contribution in [3.8, 4) is 23.3 Å².